The molecule has 1 saturated heterocycles. The number of rotatable bonds is 1. The Morgan fingerprint density at radius 3 is 2.53 bits per heavy atom. The second kappa shape index (κ2) is 4.34. The van der Waals surface area contributed by atoms with E-state index in [0.29, 0.717) is 18.8 Å². The Kier molecular flexibility index (Phi) is 3.03. The lowest BCUT2D eigenvalue weighted by molar-refractivity contribution is 0.586. The van der Waals surface area contributed by atoms with Crippen molar-refractivity contribution in [2.45, 2.75) is 0 Å². The molecule has 0 aromatic heterocycles. The van der Waals surface area contributed by atoms with Crippen molar-refractivity contribution >= 4 is 15.5 Å². The molecule has 1 aromatic rings. The highest BCUT2D eigenvalue weighted by Crippen LogP contribution is 2.23. The molecule has 1 aliphatic rings. The number of anilines is 1. The number of hydrogen-bond donors (Lipinski definition) is 0. The van der Waals surface area contributed by atoms with E-state index >= 15 is 0 Å². The summed E-state index contributed by atoms with van der Waals surface area (Å²) in [5, 5.41) is 8.90. The van der Waals surface area contributed by atoms with Crippen LogP contribution in [0.3, 0.4) is 0 Å². The van der Waals surface area contributed by atoms with E-state index in [2.05, 4.69) is 0 Å². The number of sulfone groups is 1. The zero-order chi connectivity index (χ0) is 12.5. The van der Waals surface area contributed by atoms with Gasteiger partial charge in [0.1, 0.15) is 17.4 Å². The number of benzene rings is 1. The third-order valence-corrected chi connectivity index (χ3v) is 4.40. The summed E-state index contributed by atoms with van der Waals surface area (Å²) in [6.45, 7) is 0.612. The molecule has 0 spiro atoms. The van der Waals surface area contributed by atoms with Gasteiger partial charge in [-0.15, -0.1) is 0 Å². The minimum Gasteiger partial charge on any atom is -0.368 e. The molecule has 0 N–H and O–H groups in total. The predicted octanol–water partition coefficient (Wildman–Crippen LogP) is 0.932. The topological polar surface area (TPSA) is 61.2 Å². The fraction of sp³-hybridized carbons (Fsp3) is 0.364. The first-order valence-electron chi connectivity index (χ1n) is 5.17. The zero-order valence-electron chi connectivity index (χ0n) is 9.06. The molecule has 0 atom stereocenters. The molecule has 1 fully saturated rings. The summed E-state index contributed by atoms with van der Waals surface area (Å²) in [5.41, 5.74) is 0.453. The lowest BCUT2D eigenvalue weighted by Crippen LogP contribution is -2.40. The fourth-order valence-electron chi connectivity index (χ4n) is 1.84. The molecule has 0 saturated carbocycles. The van der Waals surface area contributed by atoms with Crippen LogP contribution in [0.25, 0.3) is 0 Å². The average Bonchev–Trinajstić information content (AvgIpc) is 2.29. The van der Waals surface area contributed by atoms with Crippen LogP contribution in [0.5, 0.6) is 0 Å². The van der Waals surface area contributed by atoms with Gasteiger partial charge in [0, 0.05) is 13.1 Å². The number of hydrogen-bond acceptors (Lipinski definition) is 4. The van der Waals surface area contributed by atoms with Crippen molar-refractivity contribution in [3.8, 4) is 6.07 Å². The van der Waals surface area contributed by atoms with Gasteiger partial charge in [0.05, 0.1) is 17.2 Å². The molecule has 0 amide bonds. The molecule has 17 heavy (non-hydrogen) atoms. The highest BCUT2D eigenvalue weighted by Gasteiger charge is 2.24. The van der Waals surface area contributed by atoms with Crippen LogP contribution < -0.4 is 4.90 Å². The van der Waals surface area contributed by atoms with Crippen LogP contribution in [-0.2, 0) is 9.84 Å². The van der Waals surface area contributed by atoms with Gasteiger partial charge >= 0.3 is 0 Å². The van der Waals surface area contributed by atoms with Crippen molar-refractivity contribution in [3.05, 3.63) is 29.6 Å². The Hall–Kier alpha value is -1.61. The minimum absolute atomic E-state index is 0.0215. The van der Waals surface area contributed by atoms with Gasteiger partial charge in [0.2, 0.25) is 0 Å². The van der Waals surface area contributed by atoms with Gasteiger partial charge in [-0.1, -0.05) is 6.07 Å². The standard InChI is InChI=1S/C11H11FN2O2S/c12-10-2-1-3-11(9(10)8-13)14-4-6-17(15,16)7-5-14/h1-3H,4-7H2. The van der Waals surface area contributed by atoms with Crippen LogP contribution in [0.4, 0.5) is 10.1 Å². The maximum absolute atomic E-state index is 13.4. The molecule has 6 heteroatoms. The van der Waals surface area contributed by atoms with Crippen molar-refractivity contribution < 1.29 is 12.8 Å². The average molecular weight is 254 g/mol. The summed E-state index contributed by atoms with van der Waals surface area (Å²) < 4.78 is 36.0. The van der Waals surface area contributed by atoms with E-state index in [1.54, 1.807) is 11.0 Å². The maximum Gasteiger partial charge on any atom is 0.153 e. The van der Waals surface area contributed by atoms with Gasteiger partial charge in [0.25, 0.3) is 0 Å². The summed E-state index contributed by atoms with van der Waals surface area (Å²) in [6.07, 6.45) is 0. The fourth-order valence-corrected chi connectivity index (χ4v) is 3.04. The summed E-state index contributed by atoms with van der Waals surface area (Å²) in [7, 11) is -2.97. The Morgan fingerprint density at radius 1 is 1.29 bits per heavy atom. The van der Waals surface area contributed by atoms with Crippen LogP contribution in [0.15, 0.2) is 18.2 Å². The van der Waals surface area contributed by atoms with Crippen molar-refractivity contribution in [1.29, 1.82) is 5.26 Å². The van der Waals surface area contributed by atoms with Gasteiger partial charge in [-0.25, -0.2) is 12.8 Å². The molecule has 2 rings (SSSR count). The Morgan fingerprint density at radius 2 is 1.94 bits per heavy atom. The molecule has 0 radical (unpaired) electrons. The van der Waals surface area contributed by atoms with Crippen LogP contribution in [-0.4, -0.2) is 33.0 Å². The van der Waals surface area contributed by atoms with E-state index in [1.165, 1.54) is 12.1 Å². The quantitative estimate of drug-likeness (QED) is 0.748. The first-order chi connectivity index (χ1) is 8.03. The summed E-state index contributed by atoms with van der Waals surface area (Å²) in [5.74, 6) is -0.471. The van der Waals surface area contributed by atoms with Crippen molar-refractivity contribution in [1.82, 2.24) is 0 Å². The van der Waals surface area contributed by atoms with Crippen LogP contribution in [0, 0.1) is 17.1 Å². The first-order valence-corrected chi connectivity index (χ1v) is 6.99. The predicted molar refractivity (Wildman–Crippen MR) is 62.0 cm³/mol. The smallest absolute Gasteiger partial charge is 0.153 e. The molecule has 1 aliphatic heterocycles. The molecular formula is C11H11FN2O2S. The van der Waals surface area contributed by atoms with E-state index in [-0.39, 0.29) is 17.1 Å². The van der Waals surface area contributed by atoms with Crippen LogP contribution in [0.1, 0.15) is 5.56 Å². The van der Waals surface area contributed by atoms with Gasteiger partial charge in [-0.3, -0.25) is 0 Å². The molecule has 1 heterocycles. The Balaban J connectivity index is 2.31. The van der Waals surface area contributed by atoms with E-state index in [4.69, 9.17) is 5.26 Å². The minimum atomic E-state index is -2.97. The third kappa shape index (κ3) is 2.39. The van der Waals surface area contributed by atoms with Crippen LogP contribution >= 0.6 is 0 Å². The Labute approximate surface area is 99.2 Å². The maximum atomic E-state index is 13.4. The lowest BCUT2D eigenvalue weighted by atomic mass is 10.1. The summed E-state index contributed by atoms with van der Waals surface area (Å²) in [6, 6.07) is 6.20. The van der Waals surface area contributed by atoms with Gasteiger partial charge < -0.3 is 4.90 Å². The lowest BCUT2D eigenvalue weighted by Gasteiger charge is -2.29. The molecular weight excluding hydrogens is 243 g/mol. The van der Waals surface area contributed by atoms with E-state index < -0.39 is 15.7 Å². The molecule has 1 aromatic carbocycles. The summed E-state index contributed by atoms with van der Waals surface area (Å²) >= 11 is 0. The van der Waals surface area contributed by atoms with Crippen molar-refractivity contribution in [3.63, 3.8) is 0 Å². The van der Waals surface area contributed by atoms with Crippen molar-refractivity contribution in [2.24, 2.45) is 0 Å². The van der Waals surface area contributed by atoms with Crippen LogP contribution in [0.2, 0.25) is 0 Å². The third-order valence-electron chi connectivity index (χ3n) is 2.79. The highest BCUT2D eigenvalue weighted by molar-refractivity contribution is 7.91. The molecule has 0 bridgehead atoms. The number of nitrogens with zero attached hydrogens (tertiary/aromatic N) is 2. The van der Waals surface area contributed by atoms with E-state index in [9.17, 15) is 12.8 Å². The van der Waals surface area contributed by atoms with Gasteiger partial charge in [0.15, 0.2) is 9.84 Å². The van der Waals surface area contributed by atoms with Gasteiger partial charge in [-0.05, 0) is 12.1 Å². The molecule has 90 valence electrons. The Bertz CT molecular complexity index is 564. The SMILES string of the molecule is N#Cc1c(F)cccc1N1CCS(=O)(=O)CC1. The van der Waals surface area contributed by atoms with E-state index in [0.717, 1.165) is 0 Å². The highest BCUT2D eigenvalue weighted by atomic mass is 32.2. The van der Waals surface area contributed by atoms with E-state index in [1.807, 2.05) is 6.07 Å². The number of nitriles is 1. The molecule has 4 nitrogen and oxygen atoms in total. The molecule has 0 unspecified atom stereocenters. The first kappa shape index (κ1) is 11.9. The van der Waals surface area contributed by atoms with Gasteiger partial charge in [-0.2, -0.15) is 5.26 Å². The molecule has 0 aliphatic carbocycles. The zero-order valence-corrected chi connectivity index (χ0v) is 9.87. The largest absolute Gasteiger partial charge is 0.368 e. The monoisotopic (exact) mass is 254 g/mol. The second-order valence-corrected chi connectivity index (χ2v) is 6.19. The van der Waals surface area contributed by atoms with Crippen molar-refractivity contribution in [2.75, 3.05) is 29.5 Å². The normalized spacial score (nSPS) is 18.7. The number of halogens is 1. The summed E-state index contributed by atoms with van der Waals surface area (Å²) in [4.78, 5) is 1.74. The second-order valence-electron chi connectivity index (χ2n) is 3.88.